The molecular weight excluding hydrogens is 390 g/mol. The predicted octanol–water partition coefficient (Wildman–Crippen LogP) is 4.84. The third-order valence-electron chi connectivity index (χ3n) is 7.62. The van der Waals surface area contributed by atoms with Crippen LogP contribution in [0.15, 0.2) is 24.3 Å². The minimum Gasteiger partial charge on any atom is -0.382 e. The number of amides is 1. The lowest BCUT2D eigenvalue weighted by Gasteiger charge is -2.44. The molecule has 2 unspecified atom stereocenters. The van der Waals surface area contributed by atoms with Gasteiger partial charge in [-0.25, -0.2) is 0 Å². The summed E-state index contributed by atoms with van der Waals surface area (Å²) in [6, 6.07) is 6.24. The van der Waals surface area contributed by atoms with E-state index in [4.69, 9.17) is 19.9 Å². The highest BCUT2D eigenvalue weighted by Gasteiger charge is 2.55. The Morgan fingerprint density at radius 3 is 2.26 bits per heavy atom. The number of ether oxygens (including phenoxy) is 3. The van der Waals surface area contributed by atoms with Crippen molar-refractivity contribution in [3.05, 3.63) is 41.0 Å². The SMILES string of the molecule is COCC12CCC(COC)(CC(c3ccc(C(N)=O)c(C4=CCC(C)(C)CC4)c3)C1)O2. The standard InChI is InChI=1S/C26H37NO4/c1-24(2)9-7-18(8-10-24)22-13-19(5-6-21(22)23(27)28)20-14-25(16-29-3)11-12-26(15-20,31-25)17-30-4/h5-7,13,20H,8-12,14-17H2,1-4H3,(H2,27,28). The zero-order chi connectivity index (χ0) is 22.3. The van der Waals surface area contributed by atoms with Crippen molar-refractivity contribution >= 4 is 11.5 Å². The van der Waals surface area contributed by atoms with Crippen LogP contribution in [-0.2, 0) is 14.2 Å². The van der Waals surface area contributed by atoms with Gasteiger partial charge in [-0.3, -0.25) is 4.79 Å². The first kappa shape index (κ1) is 22.5. The summed E-state index contributed by atoms with van der Waals surface area (Å²) in [5, 5.41) is 0. The van der Waals surface area contributed by atoms with Crippen LogP contribution >= 0.6 is 0 Å². The molecular formula is C26H37NO4. The van der Waals surface area contributed by atoms with Crippen LogP contribution < -0.4 is 5.73 Å². The molecule has 31 heavy (non-hydrogen) atoms. The van der Waals surface area contributed by atoms with Crippen molar-refractivity contribution in [2.24, 2.45) is 11.1 Å². The fourth-order valence-corrected chi connectivity index (χ4v) is 5.98. The normalized spacial score (nSPS) is 32.0. The Morgan fingerprint density at radius 2 is 1.74 bits per heavy atom. The van der Waals surface area contributed by atoms with Crippen molar-refractivity contribution in [3.63, 3.8) is 0 Å². The van der Waals surface area contributed by atoms with Gasteiger partial charge in [0, 0.05) is 19.8 Å². The van der Waals surface area contributed by atoms with E-state index in [9.17, 15) is 4.79 Å². The minimum absolute atomic E-state index is 0.257. The minimum atomic E-state index is -0.356. The van der Waals surface area contributed by atoms with Gasteiger partial charge in [-0.2, -0.15) is 0 Å². The first-order valence-corrected chi connectivity index (χ1v) is 11.5. The molecule has 4 rings (SSSR count). The molecule has 2 N–H and O–H groups in total. The van der Waals surface area contributed by atoms with Crippen LogP contribution in [-0.4, -0.2) is 44.5 Å². The van der Waals surface area contributed by atoms with Gasteiger partial charge in [-0.05, 0) is 79.0 Å². The average Bonchev–Trinajstić information content (AvgIpc) is 2.98. The van der Waals surface area contributed by atoms with Crippen LogP contribution in [0.4, 0.5) is 0 Å². The number of fused-ring (bicyclic) bond motifs is 2. The molecule has 2 atom stereocenters. The summed E-state index contributed by atoms with van der Waals surface area (Å²) in [5.74, 6) is -0.0195. The molecule has 0 aromatic heterocycles. The second kappa shape index (κ2) is 8.34. The first-order valence-electron chi connectivity index (χ1n) is 11.5. The van der Waals surface area contributed by atoms with Gasteiger partial charge in [0.1, 0.15) is 0 Å². The van der Waals surface area contributed by atoms with Gasteiger partial charge in [0.25, 0.3) is 0 Å². The van der Waals surface area contributed by atoms with Crippen LogP contribution in [0.2, 0.25) is 0 Å². The van der Waals surface area contributed by atoms with E-state index >= 15 is 0 Å². The van der Waals surface area contributed by atoms with E-state index in [1.165, 1.54) is 11.1 Å². The van der Waals surface area contributed by atoms with Gasteiger partial charge in [0.2, 0.25) is 5.91 Å². The summed E-state index contributed by atoms with van der Waals surface area (Å²) in [6.07, 6.45) is 9.26. The average molecular weight is 428 g/mol. The molecule has 1 aromatic rings. The van der Waals surface area contributed by atoms with E-state index in [2.05, 4.69) is 32.1 Å². The highest BCUT2D eigenvalue weighted by atomic mass is 16.6. The smallest absolute Gasteiger partial charge is 0.249 e. The lowest BCUT2D eigenvalue weighted by Crippen LogP contribution is -2.48. The van der Waals surface area contributed by atoms with E-state index in [-0.39, 0.29) is 17.1 Å². The number of nitrogens with two attached hydrogens (primary N) is 1. The van der Waals surface area contributed by atoms with Crippen LogP contribution in [0.1, 0.15) is 86.2 Å². The zero-order valence-corrected chi connectivity index (χ0v) is 19.5. The molecule has 170 valence electrons. The Balaban J connectivity index is 1.69. The molecule has 0 spiro atoms. The summed E-state index contributed by atoms with van der Waals surface area (Å²) < 4.78 is 17.7. The molecule has 2 heterocycles. The quantitative estimate of drug-likeness (QED) is 0.676. The number of allylic oxidation sites excluding steroid dienone is 2. The number of carbonyl (C=O) groups excluding carboxylic acids is 1. The van der Waals surface area contributed by atoms with Gasteiger partial charge in [-0.15, -0.1) is 0 Å². The number of benzene rings is 1. The molecule has 2 aliphatic heterocycles. The fraction of sp³-hybridized carbons (Fsp3) is 0.654. The Morgan fingerprint density at radius 1 is 1.10 bits per heavy atom. The highest BCUT2D eigenvalue weighted by molar-refractivity contribution is 5.98. The summed E-state index contributed by atoms with van der Waals surface area (Å²) >= 11 is 0. The van der Waals surface area contributed by atoms with Gasteiger partial charge < -0.3 is 19.9 Å². The van der Waals surface area contributed by atoms with E-state index in [0.29, 0.717) is 30.1 Å². The molecule has 1 aromatic carbocycles. The maximum atomic E-state index is 12.2. The Bertz CT molecular complexity index is 854. The highest BCUT2D eigenvalue weighted by Crippen LogP contribution is 2.54. The van der Waals surface area contributed by atoms with Gasteiger partial charge >= 0.3 is 0 Å². The fourth-order valence-electron chi connectivity index (χ4n) is 5.98. The number of carbonyl (C=O) groups is 1. The van der Waals surface area contributed by atoms with Crippen molar-refractivity contribution in [2.45, 2.75) is 75.9 Å². The third kappa shape index (κ3) is 4.46. The van der Waals surface area contributed by atoms with Crippen LogP contribution in [0.25, 0.3) is 5.57 Å². The van der Waals surface area contributed by atoms with Crippen molar-refractivity contribution in [3.8, 4) is 0 Å². The number of primary amides is 1. The zero-order valence-electron chi connectivity index (χ0n) is 19.5. The summed E-state index contributed by atoms with van der Waals surface area (Å²) in [7, 11) is 3.49. The van der Waals surface area contributed by atoms with Crippen LogP contribution in [0.3, 0.4) is 0 Å². The maximum absolute atomic E-state index is 12.2. The number of hydrogen-bond acceptors (Lipinski definition) is 4. The third-order valence-corrected chi connectivity index (χ3v) is 7.62. The second-order valence-corrected chi connectivity index (χ2v) is 10.7. The Hall–Kier alpha value is -1.69. The van der Waals surface area contributed by atoms with Crippen molar-refractivity contribution < 1.29 is 19.0 Å². The van der Waals surface area contributed by atoms with Crippen molar-refractivity contribution in [2.75, 3.05) is 27.4 Å². The lowest BCUT2D eigenvalue weighted by molar-refractivity contribution is -0.184. The second-order valence-electron chi connectivity index (χ2n) is 10.7. The van der Waals surface area contributed by atoms with Crippen LogP contribution in [0.5, 0.6) is 0 Å². The van der Waals surface area contributed by atoms with Gasteiger partial charge in [0.05, 0.1) is 24.4 Å². The van der Waals surface area contributed by atoms with E-state index in [0.717, 1.165) is 50.5 Å². The van der Waals surface area contributed by atoms with Crippen LogP contribution in [0, 0.1) is 5.41 Å². The molecule has 2 bridgehead atoms. The lowest BCUT2D eigenvalue weighted by atomic mass is 9.75. The Labute approximate surface area is 186 Å². The van der Waals surface area contributed by atoms with E-state index in [1.807, 2.05) is 6.07 Å². The number of rotatable bonds is 7. The summed E-state index contributed by atoms with van der Waals surface area (Å²) in [6.45, 7) is 5.80. The van der Waals surface area contributed by atoms with E-state index < -0.39 is 0 Å². The molecule has 0 saturated carbocycles. The summed E-state index contributed by atoms with van der Waals surface area (Å²) in [4.78, 5) is 12.2. The monoisotopic (exact) mass is 427 g/mol. The molecule has 1 amide bonds. The number of hydrogen-bond donors (Lipinski definition) is 1. The first-order chi connectivity index (χ1) is 14.7. The maximum Gasteiger partial charge on any atom is 0.249 e. The topological polar surface area (TPSA) is 70.8 Å². The molecule has 3 aliphatic rings. The molecule has 0 radical (unpaired) electrons. The summed E-state index contributed by atoms with van der Waals surface area (Å²) in [5.41, 5.74) is 9.71. The van der Waals surface area contributed by atoms with Crippen molar-refractivity contribution in [1.82, 2.24) is 0 Å². The molecule has 2 fully saturated rings. The van der Waals surface area contributed by atoms with E-state index in [1.54, 1.807) is 14.2 Å². The predicted molar refractivity (Wildman–Crippen MR) is 122 cm³/mol. The molecule has 2 saturated heterocycles. The molecule has 5 heteroatoms. The van der Waals surface area contributed by atoms with Gasteiger partial charge in [0.15, 0.2) is 0 Å². The molecule has 1 aliphatic carbocycles. The Kier molecular flexibility index (Phi) is 6.06. The van der Waals surface area contributed by atoms with Gasteiger partial charge in [-0.1, -0.05) is 32.1 Å². The molecule has 5 nitrogen and oxygen atoms in total. The largest absolute Gasteiger partial charge is 0.382 e. The van der Waals surface area contributed by atoms with Crippen molar-refractivity contribution in [1.29, 1.82) is 0 Å². The number of methoxy groups -OCH3 is 2.